The summed E-state index contributed by atoms with van der Waals surface area (Å²) in [7, 11) is 6.09. The molecule has 1 aromatic heterocycles. The van der Waals surface area contributed by atoms with Crippen molar-refractivity contribution in [3.8, 4) is 22.4 Å². The van der Waals surface area contributed by atoms with Gasteiger partial charge in [-0.3, -0.25) is 0 Å². The van der Waals surface area contributed by atoms with E-state index in [9.17, 15) is 4.39 Å². The van der Waals surface area contributed by atoms with Crippen LogP contribution in [0.2, 0.25) is 5.02 Å². The third kappa shape index (κ3) is 4.90. The quantitative estimate of drug-likeness (QED) is 0.305. The van der Waals surface area contributed by atoms with Crippen LogP contribution in [0, 0.1) is 5.82 Å². The summed E-state index contributed by atoms with van der Waals surface area (Å²) in [5.41, 5.74) is 7.42. The van der Waals surface area contributed by atoms with E-state index in [1.54, 1.807) is 0 Å². The smallest absolute Gasteiger partial charge is 0.213 e. The highest BCUT2D eigenvalue weighted by Gasteiger charge is 2.17. The highest BCUT2D eigenvalue weighted by atomic mass is 35.5. The molecule has 0 aliphatic rings. The summed E-state index contributed by atoms with van der Waals surface area (Å²) >= 11 is 6.09. The minimum atomic E-state index is -0.244. The Morgan fingerprint density at radius 2 is 1.38 bits per heavy atom. The molecule has 0 unspecified atom stereocenters. The molecule has 0 saturated heterocycles. The van der Waals surface area contributed by atoms with Gasteiger partial charge in [0.1, 0.15) is 12.9 Å². The van der Waals surface area contributed by atoms with Gasteiger partial charge in [0.05, 0.1) is 0 Å². The van der Waals surface area contributed by atoms with E-state index in [-0.39, 0.29) is 5.82 Å². The Hall–Kier alpha value is -3.43. The van der Waals surface area contributed by atoms with Crippen molar-refractivity contribution in [1.82, 2.24) is 0 Å². The van der Waals surface area contributed by atoms with Crippen LogP contribution in [-0.4, -0.2) is 14.1 Å². The van der Waals surface area contributed by atoms with Crippen molar-refractivity contribution in [2.45, 2.75) is 0 Å². The summed E-state index contributed by atoms with van der Waals surface area (Å²) in [6.07, 6.45) is 4.21. The van der Waals surface area contributed by atoms with Crippen molar-refractivity contribution in [1.29, 1.82) is 0 Å². The summed E-state index contributed by atoms with van der Waals surface area (Å²) in [5, 5.41) is 0.704. The molecule has 0 N–H and O–H groups in total. The van der Waals surface area contributed by atoms with Gasteiger partial charge in [-0.05, 0) is 71.3 Å². The number of pyridine rings is 1. The molecule has 2 nitrogen and oxygen atoms in total. The van der Waals surface area contributed by atoms with E-state index >= 15 is 0 Å². The van der Waals surface area contributed by atoms with Gasteiger partial charge in [-0.15, -0.1) is 0 Å². The second-order valence-electron chi connectivity index (χ2n) is 7.95. The maximum atomic E-state index is 13.5. The molecular weight excluding hydrogens is 419 g/mol. The summed E-state index contributed by atoms with van der Waals surface area (Å²) in [6.45, 7) is 0. The van der Waals surface area contributed by atoms with Crippen LogP contribution in [0.5, 0.6) is 0 Å². The van der Waals surface area contributed by atoms with Crippen molar-refractivity contribution in [3.05, 3.63) is 107 Å². The molecule has 32 heavy (non-hydrogen) atoms. The number of nitrogens with zero attached hydrogens (tertiary/aromatic N) is 2. The number of aromatic nitrogens is 1. The first-order chi connectivity index (χ1) is 15.4. The molecule has 4 rings (SSSR count). The molecule has 0 aliphatic carbocycles. The third-order valence-electron chi connectivity index (χ3n) is 5.52. The molecule has 4 heteroatoms. The fourth-order valence-corrected chi connectivity index (χ4v) is 3.74. The zero-order valence-corrected chi connectivity index (χ0v) is 19.1. The van der Waals surface area contributed by atoms with E-state index in [0.717, 1.165) is 39.3 Å². The molecule has 0 bridgehead atoms. The first kappa shape index (κ1) is 21.8. The van der Waals surface area contributed by atoms with Gasteiger partial charge in [0, 0.05) is 48.6 Å². The maximum absolute atomic E-state index is 13.5. The number of hydrogen-bond acceptors (Lipinski definition) is 1. The molecule has 0 radical (unpaired) electrons. The molecule has 1 heterocycles. The van der Waals surface area contributed by atoms with Crippen LogP contribution in [0.15, 0.2) is 84.9 Å². The Balaban J connectivity index is 1.79. The Morgan fingerprint density at radius 3 is 2.00 bits per heavy atom. The number of hydrogen-bond donors (Lipinski definition) is 0. The second kappa shape index (κ2) is 9.37. The van der Waals surface area contributed by atoms with Gasteiger partial charge in [-0.2, -0.15) is 4.57 Å². The fourth-order valence-electron chi connectivity index (χ4n) is 3.61. The van der Waals surface area contributed by atoms with Crippen molar-refractivity contribution >= 4 is 29.4 Å². The highest BCUT2D eigenvalue weighted by molar-refractivity contribution is 6.30. The Labute approximate surface area is 193 Å². The molecule has 160 valence electrons. The summed E-state index contributed by atoms with van der Waals surface area (Å²) < 4.78 is 15.6. The third-order valence-corrected chi connectivity index (χ3v) is 5.77. The fraction of sp³-hybridized carbons (Fsp3) is 0.107. The average molecular weight is 444 g/mol. The summed E-state index contributed by atoms with van der Waals surface area (Å²) in [4.78, 5) is 2.08. The minimum absolute atomic E-state index is 0.244. The molecule has 0 aliphatic heterocycles. The Bertz CT molecular complexity index is 1240. The van der Waals surface area contributed by atoms with Crippen LogP contribution in [0.3, 0.4) is 0 Å². The second-order valence-corrected chi connectivity index (χ2v) is 8.38. The van der Waals surface area contributed by atoms with E-state index in [0.29, 0.717) is 5.02 Å². The van der Waals surface area contributed by atoms with Crippen molar-refractivity contribution in [2.24, 2.45) is 7.05 Å². The lowest BCUT2D eigenvalue weighted by atomic mass is 10.0. The van der Waals surface area contributed by atoms with E-state index in [1.165, 1.54) is 12.1 Å². The van der Waals surface area contributed by atoms with Gasteiger partial charge >= 0.3 is 0 Å². The number of halogens is 2. The van der Waals surface area contributed by atoms with E-state index < -0.39 is 0 Å². The molecule has 0 spiro atoms. The van der Waals surface area contributed by atoms with Crippen molar-refractivity contribution < 1.29 is 8.96 Å². The van der Waals surface area contributed by atoms with Crippen molar-refractivity contribution in [2.75, 3.05) is 19.0 Å². The lowest BCUT2D eigenvalue weighted by Crippen LogP contribution is -2.34. The predicted octanol–water partition coefficient (Wildman–Crippen LogP) is 6.87. The minimum Gasteiger partial charge on any atom is -0.378 e. The maximum Gasteiger partial charge on any atom is 0.213 e. The molecule has 0 atom stereocenters. The SMILES string of the molecule is CN(C)c1ccc(/C=C/c2cc(-c3ccc(Cl)cc3)cc(-c3ccc(F)cc3)[n+]2C)cc1. The number of rotatable bonds is 5. The van der Waals surface area contributed by atoms with Crippen LogP contribution in [0.25, 0.3) is 34.5 Å². The van der Waals surface area contributed by atoms with Gasteiger partial charge in [0.2, 0.25) is 11.4 Å². The normalized spacial score (nSPS) is 11.2. The number of anilines is 1. The van der Waals surface area contributed by atoms with Crippen LogP contribution < -0.4 is 9.47 Å². The van der Waals surface area contributed by atoms with Gasteiger partial charge in [-0.1, -0.05) is 35.9 Å². The first-order valence-corrected chi connectivity index (χ1v) is 10.8. The monoisotopic (exact) mass is 443 g/mol. The van der Waals surface area contributed by atoms with Gasteiger partial charge < -0.3 is 4.90 Å². The standard InChI is InChI=1S/C28H25ClFN2/c1-31(2)26-15-4-20(5-16-26)6-17-27-18-23(21-7-11-24(29)12-8-21)19-28(32(27)3)22-9-13-25(30)14-10-22/h4-19H,1-3H3/q+1. The van der Waals surface area contributed by atoms with Gasteiger partial charge in [-0.25, -0.2) is 4.39 Å². The summed E-state index contributed by atoms with van der Waals surface area (Å²) in [6, 6.07) is 27.1. The Morgan fingerprint density at radius 1 is 0.750 bits per heavy atom. The van der Waals surface area contributed by atoms with Gasteiger partial charge in [0.15, 0.2) is 0 Å². The topological polar surface area (TPSA) is 7.12 Å². The highest BCUT2D eigenvalue weighted by Crippen LogP contribution is 2.27. The largest absolute Gasteiger partial charge is 0.378 e. The number of benzene rings is 3. The van der Waals surface area contributed by atoms with E-state index in [1.807, 2.05) is 57.5 Å². The van der Waals surface area contributed by atoms with Crippen LogP contribution in [-0.2, 0) is 7.05 Å². The Kier molecular flexibility index (Phi) is 6.38. The summed E-state index contributed by atoms with van der Waals surface area (Å²) in [5.74, 6) is -0.244. The van der Waals surface area contributed by atoms with Crippen molar-refractivity contribution in [3.63, 3.8) is 0 Å². The van der Waals surface area contributed by atoms with E-state index in [2.05, 4.69) is 58.0 Å². The molecule has 0 saturated carbocycles. The molecule has 4 aromatic rings. The zero-order chi connectivity index (χ0) is 22.7. The molecule has 0 amide bonds. The van der Waals surface area contributed by atoms with Gasteiger partial charge in [0.25, 0.3) is 0 Å². The van der Waals surface area contributed by atoms with E-state index in [4.69, 9.17) is 11.6 Å². The lowest BCUT2D eigenvalue weighted by molar-refractivity contribution is -0.662. The van der Waals surface area contributed by atoms with Crippen LogP contribution in [0.1, 0.15) is 11.3 Å². The zero-order valence-electron chi connectivity index (χ0n) is 18.4. The predicted molar refractivity (Wildman–Crippen MR) is 133 cm³/mol. The molecular formula is C28H25ClFN2+. The molecule has 0 fully saturated rings. The van der Waals surface area contributed by atoms with Crippen LogP contribution >= 0.6 is 11.6 Å². The van der Waals surface area contributed by atoms with Crippen LogP contribution in [0.4, 0.5) is 10.1 Å². The lowest BCUT2D eigenvalue weighted by Gasteiger charge is -2.11. The first-order valence-electron chi connectivity index (χ1n) is 10.4. The average Bonchev–Trinajstić information content (AvgIpc) is 2.80. The molecule has 3 aromatic carbocycles.